The van der Waals surface area contributed by atoms with Gasteiger partial charge >= 0.3 is 0 Å². The van der Waals surface area contributed by atoms with Gasteiger partial charge in [-0.05, 0) is 49.8 Å². The molecule has 0 saturated heterocycles. The minimum absolute atomic E-state index is 0.299. The van der Waals surface area contributed by atoms with Crippen LogP contribution in [0.3, 0.4) is 0 Å². The molecule has 1 heteroatoms. The highest BCUT2D eigenvalue weighted by Gasteiger charge is 2.43. The van der Waals surface area contributed by atoms with Crippen LogP contribution in [0.1, 0.15) is 43.2 Å². The predicted molar refractivity (Wildman–Crippen MR) is 67.5 cm³/mol. The standard InChI is InChI=1S/C15H21N/c1-16-15-11-5-4-7-13(15)10-9-12-6-2-3-8-14(12)15/h2-3,6,8,13,16H,4-5,7,9-11H2,1H3/t13?,15-/m0/s1. The second kappa shape index (κ2) is 3.89. The number of benzene rings is 1. The zero-order valence-corrected chi connectivity index (χ0v) is 10.1. The second-order valence-electron chi connectivity index (χ2n) is 5.36. The van der Waals surface area contributed by atoms with Crippen molar-refractivity contribution in [3.05, 3.63) is 35.4 Å². The Morgan fingerprint density at radius 3 is 2.94 bits per heavy atom. The predicted octanol–water partition coefficient (Wildman–Crippen LogP) is 3.24. The molecule has 86 valence electrons. The topological polar surface area (TPSA) is 12.0 Å². The summed E-state index contributed by atoms with van der Waals surface area (Å²) in [5, 5.41) is 3.68. The van der Waals surface area contributed by atoms with E-state index in [0.717, 1.165) is 5.92 Å². The van der Waals surface area contributed by atoms with Crippen molar-refractivity contribution >= 4 is 0 Å². The lowest BCUT2D eigenvalue weighted by atomic mass is 9.62. The molecular weight excluding hydrogens is 194 g/mol. The zero-order chi connectivity index (χ0) is 11.0. The summed E-state index contributed by atoms with van der Waals surface area (Å²) in [6.07, 6.45) is 8.20. The van der Waals surface area contributed by atoms with Crippen LogP contribution < -0.4 is 5.32 Å². The van der Waals surface area contributed by atoms with Crippen molar-refractivity contribution in [2.24, 2.45) is 5.92 Å². The molecule has 1 fully saturated rings. The van der Waals surface area contributed by atoms with E-state index in [2.05, 4.69) is 36.6 Å². The number of nitrogens with one attached hydrogen (secondary N) is 1. The van der Waals surface area contributed by atoms with Gasteiger partial charge < -0.3 is 5.32 Å². The normalized spacial score (nSPS) is 32.9. The maximum absolute atomic E-state index is 3.68. The summed E-state index contributed by atoms with van der Waals surface area (Å²) < 4.78 is 0. The van der Waals surface area contributed by atoms with Crippen LogP contribution in [0.5, 0.6) is 0 Å². The molecule has 1 aromatic rings. The van der Waals surface area contributed by atoms with Gasteiger partial charge in [0, 0.05) is 5.54 Å². The van der Waals surface area contributed by atoms with E-state index in [1.165, 1.54) is 38.5 Å². The molecule has 1 unspecified atom stereocenters. The summed E-state index contributed by atoms with van der Waals surface area (Å²) in [5.74, 6) is 0.862. The zero-order valence-electron chi connectivity index (χ0n) is 10.1. The molecule has 3 rings (SSSR count). The van der Waals surface area contributed by atoms with Crippen LogP contribution in [-0.4, -0.2) is 7.05 Å². The molecule has 0 heterocycles. The van der Waals surface area contributed by atoms with Crippen molar-refractivity contribution in [1.29, 1.82) is 0 Å². The smallest absolute Gasteiger partial charge is 0.0463 e. The highest BCUT2D eigenvalue weighted by molar-refractivity contribution is 5.37. The molecule has 16 heavy (non-hydrogen) atoms. The van der Waals surface area contributed by atoms with Gasteiger partial charge in [-0.1, -0.05) is 37.1 Å². The van der Waals surface area contributed by atoms with E-state index in [1.54, 1.807) is 11.1 Å². The Bertz CT molecular complexity index is 385. The van der Waals surface area contributed by atoms with Gasteiger partial charge in [-0.15, -0.1) is 0 Å². The van der Waals surface area contributed by atoms with Gasteiger partial charge in [0.1, 0.15) is 0 Å². The monoisotopic (exact) mass is 215 g/mol. The van der Waals surface area contributed by atoms with Crippen molar-refractivity contribution in [2.75, 3.05) is 7.05 Å². The molecule has 0 spiro atoms. The fourth-order valence-corrected chi connectivity index (χ4v) is 3.96. The maximum Gasteiger partial charge on any atom is 0.0463 e. The fourth-order valence-electron chi connectivity index (χ4n) is 3.96. The lowest BCUT2D eigenvalue weighted by Gasteiger charge is -2.48. The third-order valence-electron chi connectivity index (χ3n) is 4.78. The van der Waals surface area contributed by atoms with E-state index in [4.69, 9.17) is 0 Å². The number of rotatable bonds is 1. The van der Waals surface area contributed by atoms with Crippen LogP contribution in [0.25, 0.3) is 0 Å². The summed E-state index contributed by atoms with van der Waals surface area (Å²) in [4.78, 5) is 0. The van der Waals surface area contributed by atoms with Crippen molar-refractivity contribution < 1.29 is 0 Å². The van der Waals surface area contributed by atoms with Gasteiger partial charge in [-0.25, -0.2) is 0 Å². The molecule has 1 N–H and O–H groups in total. The van der Waals surface area contributed by atoms with Crippen LogP contribution in [0.15, 0.2) is 24.3 Å². The van der Waals surface area contributed by atoms with Crippen LogP contribution in [-0.2, 0) is 12.0 Å². The van der Waals surface area contributed by atoms with Crippen LogP contribution in [0, 0.1) is 5.92 Å². The van der Waals surface area contributed by atoms with Gasteiger partial charge in [-0.2, -0.15) is 0 Å². The largest absolute Gasteiger partial charge is 0.310 e. The number of aryl methyl sites for hydroxylation is 1. The van der Waals surface area contributed by atoms with Crippen LogP contribution in [0.2, 0.25) is 0 Å². The van der Waals surface area contributed by atoms with Gasteiger partial charge in [-0.3, -0.25) is 0 Å². The van der Waals surface area contributed by atoms with Crippen molar-refractivity contribution in [2.45, 2.75) is 44.1 Å². The summed E-state index contributed by atoms with van der Waals surface area (Å²) >= 11 is 0. The Kier molecular flexibility index (Phi) is 2.51. The van der Waals surface area contributed by atoms with E-state index in [9.17, 15) is 0 Å². The molecule has 2 atom stereocenters. The van der Waals surface area contributed by atoms with Crippen LogP contribution >= 0.6 is 0 Å². The fraction of sp³-hybridized carbons (Fsp3) is 0.600. The molecule has 0 amide bonds. The molecule has 1 aromatic carbocycles. The Labute approximate surface area is 98.3 Å². The second-order valence-corrected chi connectivity index (χ2v) is 5.36. The highest BCUT2D eigenvalue weighted by Crippen LogP contribution is 2.47. The summed E-state index contributed by atoms with van der Waals surface area (Å²) in [6, 6.07) is 9.06. The van der Waals surface area contributed by atoms with Crippen molar-refractivity contribution in [3.8, 4) is 0 Å². The Hall–Kier alpha value is -0.820. The summed E-state index contributed by atoms with van der Waals surface area (Å²) in [6.45, 7) is 0. The SMILES string of the molecule is CN[C@@]12CCCCC1CCc1ccccc12. The first-order chi connectivity index (χ1) is 7.87. The van der Waals surface area contributed by atoms with E-state index in [0.29, 0.717) is 5.54 Å². The molecule has 2 aliphatic carbocycles. The van der Waals surface area contributed by atoms with Gasteiger partial charge in [0.15, 0.2) is 0 Å². The van der Waals surface area contributed by atoms with E-state index in [-0.39, 0.29) is 0 Å². The van der Waals surface area contributed by atoms with Crippen LogP contribution in [0.4, 0.5) is 0 Å². The minimum atomic E-state index is 0.299. The maximum atomic E-state index is 3.68. The minimum Gasteiger partial charge on any atom is -0.310 e. The summed E-state index contributed by atoms with van der Waals surface area (Å²) in [7, 11) is 2.15. The average Bonchev–Trinajstić information content (AvgIpc) is 2.38. The van der Waals surface area contributed by atoms with Gasteiger partial charge in [0.2, 0.25) is 0 Å². The number of hydrogen-bond acceptors (Lipinski definition) is 1. The molecule has 1 nitrogen and oxygen atoms in total. The average molecular weight is 215 g/mol. The lowest BCUT2D eigenvalue weighted by Crippen LogP contribution is -2.51. The molecule has 0 aliphatic heterocycles. The van der Waals surface area contributed by atoms with Crippen molar-refractivity contribution in [3.63, 3.8) is 0 Å². The molecule has 0 aromatic heterocycles. The number of fused-ring (bicyclic) bond motifs is 3. The van der Waals surface area contributed by atoms with Crippen molar-refractivity contribution in [1.82, 2.24) is 5.32 Å². The highest BCUT2D eigenvalue weighted by atomic mass is 15.0. The molecule has 1 saturated carbocycles. The molecule has 2 aliphatic rings. The Morgan fingerprint density at radius 2 is 2.06 bits per heavy atom. The first kappa shape index (κ1) is 10.3. The molecule has 0 bridgehead atoms. The van der Waals surface area contributed by atoms with E-state index < -0.39 is 0 Å². The summed E-state index contributed by atoms with van der Waals surface area (Å²) in [5.41, 5.74) is 3.47. The lowest BCUT2D eigenvalue weighted by molar-refractivity contribution is 0.129. The Morgan fingerprint density at radius 1 is 1.19 bits per heavy atom. The molecule has 0 radical (unpaired) electrons. The third-order valence-corrected chi connectivity index (χ3v) is 4.78. The third kappa shape index (κ3) is 1.34. The Balaban J connectivity index is 2.11. The first-order valence-corrected chi connectivity index (χ1v) is 6.64. The molecular formula is C15H21N. The van der Waals surface area contributed by atoms with Gasteiger partial charge in [0.25, 0.3) is 0 Å². The van der Waals surface area contributed by atoms with E-state index in [1.807, 2.05) is 0 Å². The first-order valence-electron chi connectivity index (χ1n) is 6.64. The number of hydrogen-bond donors (Lipinski definition) is 1. The van der Waals surface area contributed by atoms with E-state index >= 15 is 0 Å². The van der Waals surface area contributed by atoms with Gasteiger partial charge in [0.05, 0.1) is 0 Å². The quantitative estimate of drug-likeness (QED) is 0.758.